The van der Waals surface area contributed by atoms with Crippen molar-refractivity contribution in [1.29, 1.82) is 0 Å². The fourth-order valence-electron chi connectivity index (χ4n) is 1.06. The fourth-order valence-corrected chi connectivity index (χ4v) is 1.06. The molecule has 0 aliphatic rings. The van der Waals surface area contributed by atoms with Gasteiger partial charge in [-0.1, -0.05) is 13.8 Å². The second-order valence-electron chi connectivity index (χ2n) is 3.99. The van der Waals surface area contributed by atoms with Gasteiger partial charge in [0.1, 0.15) is 0 Å². The smallest absolute Gasteiger partial charge is 0.0687 e. The summed E-state index contributed by atoms with van der Waals surface area (Å²) in [7, 11) is 0. The largest absolute Gasteiger partial charge is 0.396 e. The molecule has 0 rings (SSSR count). The summed E-state index contributed by atoms with van der Waals surface area (Å²) in [5.41, 5.74) is 0. The van der Waals surface area contributed by atoms with Crippen molar-refractivity contribution in [3.63, 3.8) is 0 Å². The number of aliphatic hydroxyl groups excluding tert-OH is 2. The Morgan fingerprint density at radius 1 is 1.23 bits per heavy atom. The van der Waals surface area contributed by atoms with Crippen LogP contribution in [0.4, 0.5) is 0 Å². The summed E-state index contributed by atoms with van der Waals surface area (Å²) in [5, 5.41) is 21.3. The SMILES string of the molecule is CC(CCCO)NCC(O)C(C)C. The first-order chi connectivity index (χ1) is 6.07. The van der Waals surface area contributed by atoms with E-state index in [1.54, 1.807) is 0 Å². The highest BCUT2D eigenvalue weighted by atomic mass is 16.3. The van der Waals surface area contributed by atoms with Crippen molar-refractivity contribution < 1.29 is 10.2 Å². The van der Waals surface area contributed by atoms with Crippen LogP contribution in [0.25, 0.3) is 0 Å². The molecule has 2 unspecified atom stereocenters. The van der Waals surface area contributed by atoms with Gasteiger partial charge in [-0.05, 0) is 25.7 Å². The molecule has 0 amide bonds. The van der Waals surface area contributed by atoms with Gasteiger partial charge in [-0.3, -0.25) is 0 Å². The van der Waals surface area contributed by atoms with Crippen LogP contribution in [0.1, 0.15) is 33.6 Å². The van der Waals surface area contributed by atoms with Crippen LogP contribution < -0.4 is 5.32 Å². The summed E-state index contributed by atoms with van der Waals surface area (Å²) in [6.07, 6.45) is 1.52. The standard InChI is InChI=1S/C10H23NO2/c1-8(2)10(13)7-11-9(3)5-4-6-12/h8-13H,4-7H2,1-3H3. The van der Waals surface area contributed by atoms with Crippen LogP contribution in [0.5, 0.6) is 0 Å². The van der Waals surface area contributed by atoms with Gasteiger partial charge >= 0.3 is 0 Å². The number of aliphatic hydroxyl groups is 2. The van der Waals surface area contributed by atoms with Crippen molar-refractivity contribution >= 4 is 0 Å². The molecule has 0 saturated carbocycles. The van der Waals surface area contributed by atoms with Crippen molar-refractivity contribution in [2.24, 2.45) is 5.92 Å². The minimum absolute atomic E-state index is 0.249. The predicted octanol–water partition coefficient (Wildman–Crippen LogP) is 0.754. The second kappa shape index (κ2) is 7.30. The Morgan fingerprint density at radius 2 is 1.85 bits per heavy atom. The normalized spacial score (nSPS) is 16.2. The van der Waals surface area contributed by atoms with E-state index in [9.17, 15) is 5.11 Å². The van der Waals surface area contributed by atoms with E-state index >= 15 is 0 Å². The molecule has 0 aromatic heterocycles. The summed E-state index contributed by atoms with van der Waals surface area (Å²) in [5.74, 6) is 0.303. The van der Waals surface area contributed by atoms with Gasteiger partial charge in [0.15, 0.2) is 0 Å². The van der Waals surface area contributed by atoms with E-state index in [0.717, 1.165) is 12.8 Å². The lowest BCUT2D eigenvalue weighted by molar-refractivity contribution is 0.120. The zero-order valence-corrected chi connectivity index (χ0v) is 8.95. The van der Waals surface area contributed by atoms with Crippen molar-refractivity contribution in [3.05, 3.63) is 0 Å². The number of nitrogens with one attached hydrogen (secondary N) is 1. The van der Waals surface area contributed by atoms with Crippen LogP contribution >= 0.6 is 0 Å². The highest BCUT2D eigenvalue weighted by molar-refractivity contribution is 4.67. The minimum atomic E-state index is -0.267. The van der Waals surface area contributed by atoms with Gasteiger partial charge in [0.2, 0.25) is 0 Å². The second-order valence-corrected chi connectivity index (χ2v) is 3.99. The summed E-state index contributed by atoms with van der Waals surface area (Å²) in [4.78, 5) is 0. The maximum absolute atomic E-state index is 9.49. The van der Waals surface area contributed by atoms with Crippen LogP contribution in [-0.4, -0.2) is 35.5 Å². The number of hydrogen-bond donors (Lipinski definition) is 3. The first-order valence-corrected chi connectivity index (χ1v) is 5.10. The molecule has 3 N–H and O–H groups in total. The summed E-state index contributed by atoms with van der Waals surface area (Å²) in [6, 6.07) is 0.376. The van der Waals surface area contributed by atoms with Gasteiger partial charge in [0.05, 0.1) is 6.10 Å². The molecule has 0 saturated heterocycles. The van der Waals surface area contributed by atoms with E-state index in [4.69, 9.17) is 5.11 Å². The quantitative estimate of drug-likeness (QED) is 0.554. The topological polar surface area (TPSA) is 52.5 Å². The molecule has 80 valence electrons. The maximum Gasteiger partial charge on any atom is 0.0687 e. The van der Waals surface area contributed by atoms with E-state index in [2.05, 4.69) is 12.2 Å². The molecule has 0 aliphatic carbocycles. The predicted molar refractivity (Wildman–Crippen MR) is 54.6 cm³/mol. The molecule has 0 spiro atoms. The zero-order chi connectivity index (χ0) is 10.3. The molecule has 2 atom stereocenters. The highest BCUT2D eigenvalue weighted by Gasteiger charge is 2.09. The van der Waals surface area contributed by atoms with Gasteiger partial charge < -0.3 is 15.5 Å². The van der Waals surface area contributed by atoms with Gasteiger partial charge in [0, 0.05) is 19.2 Å². The lowest BCUT2D eigenvalue weighted by Crippen LogP contribution is -2.36. The molecule has 0 aliphatic heterocycles. The van der Waals surface area contributed by atoms with E-state index in [1.165, 1.54) is 0 Å². The van der Waals surface area contributed by atoms with Crippen molar-refractivity contribution in [1.82, 2.24) is 5.32 Å². The fraction of sp³-hybridized carbons (Fsp3) is 1.00. The Kier molecular flexibility index (Phi) is 7.23. The van der Waals surface area contributed by atoms with Crippen LogP contribution in [-0.2, 0) is 0 Å². The molecule has 0 heterocycles. The minimum Gasteiger partial charge on any atom is -0.396 e. The molecule has 0 bridgehead atoms. The monoisotopic (exact) mass is 189 g/mol. The molecule has 0 radical (unpaired) electrons. The van der Waals surface area contributed by atoms with Gasteiger partial charge in [-0.25, -0.2) is 0 Å². The Labute approximate surface area is 81.2 Å². The Morgan fingerprint density at radius 3 is 2.31 bits per heavy atom. The molecule has 0 aromatic carbocycles. The molecular weight excluding hydrogens is 166 g/mol. The summed E-state index contributed by atoms with van der Waals surface area (Å²) >= 11 is 0. The first kappa shape index (κ1) is 12.9. The zero-order valence-electron chi connectivity index (χ0n) is 8.95. The van der Waals surface area contributed by atoms with Crippen molar-refractivity contribution in [2.45, 2.75) is 45.8 Å². The van der Waals surface area contributed by atoms with E-state index < -0.39 is 0 Å². The third-order valence-electron chi connectivity index (χ3n) is 2.24. The van der Waals surface area contributed by atoms with Gasteiger partial charge in [0.25, 0.3) is 0 Å². The molecule has 13 heavy (non-hydrogen) atoms. The van der Waals surface area contributed by atoms with E-state index in [-0.39, 0.29) is 12.7 Å². The molecular formula is C10H23NO2. The highest BCUT2D eigenvalue weighted by Crippen LogP contribution is 2.01. The Hall–Kier alpha value is -0.120. The molecule has 3 nitrogen and oxygen atoms in total. The summed E-state index contributed by atoms with van der Waals surface area (Å²) < 4.78 is 0. The lowest BCUT2D eigenvalue weighted by Gasteiger charge is -2.19. The number of hydrogen-bond acceptors (Lipinski definition) is 3. The van der Waals surface area contributed by atoms with Crippen LogP contribution in [0.2, 0.25) is 0 Å². The average Bonchev–Trinajstić information content (AvgIpc) is 2.10. The Bertz CT molecular complexity index is 117. The van der Waals surface area contributed by atoms with E-state index in [1.807, 2.05) is 13.8 Å². The van der Waals surface area contributed by atoms with Crippen LogP contribution in [0.3, 0.4) is 0 Å². The van der Waals surface area contributed by atoms with Crippen molar-refractivity contribution in [3.8, 4) is 0 Å². The van der Waals surface area contributed by atoms with Crippen molar-refractivity contribution in [2.75, 3.05) is 13.2 Å². The molecule has 0 fully saturated rings. The third-order valence-corrected chi connectivity index (χ3v) is 2.24. The number of rotatable bonds is 7. The van der Waals surface area contributed by atoms with Crippen LogP contribution in [0.15, 0.2) is 0 Å². The van der Waals surface area contributed by atoms with Gasteiger partial charge in [-0.15, -0.1) is 0 Å². The van der Waals surface area contributed by atoms with E-state index in [0.29, 0.717) is 18.5 Å². The average molecular weight is 189 g/mol. The first-order valence-electron chi connectivity index (χ1n) is 5.10. The Balaban J connectivity index is 3.40. The maximum atomic E-state index is 9.49. The third kappa shape index (κ3) is 6.99. The molecule has 3 heteroatoms. The summed E-state index contributed by atoms with van der Waals surface area (Å²) in [6.45, 7) is 6.97. The molecule has 0 aromatic rings. The lowest BCUT2D eigenvalue weighted by atomic mass is 10.1. The van der Waals surface area contributed by atoms with Gasteiger partial charge in [-0.2, -0.15) is 0 Å². The van der Waals surface area contributed by atoms with Crippen LogP contribution in [0, 0.1) is 5.92 Å².